The SMILES string of the molecule is COc1ccccc1C1CC1C(=O)Nc1ccc(OCc2cccc(F)c2)cc1C. The number of aryl methyl sites for hydroxylation is 1. The van der Waals surface area contributed by atoms with Crippen molar-refractivity contribution in [3.05, 3.63) is 89.2 Å². The third kappa shape index (κ3) is 4.46. The largest absolute Gasteiger partial charge is 0.496 e. The van der Waals surface area contributed by atoms with Gasteiger partial charge >= 0.3 is 0 Å². The summed E-state index contributed by atoms with van der Waals surface area (Å²) in [6, 6.07) is 19.7. The Morgan fingerprint density at radius 3 is 2.70 bits per heavy atom. The van der Waals surface area contributed by atoms with Crippen LogP contribution < -0.4 is 14.8 Å². The first-order chi connectivity index (χ1) is 14.5. The second kappa shape index (κ2) is 8.57. The number of halogens is 1. The second-order valence-corrected chi connectivity index (χ2v) is 7.58. The summed E-state index contributed by atoms with van der Waals surface area (Å²) in [6.45, 7) is 2.21. The minimum absolute atomic E-state index is 0.0161. The predicted molar refractivity (Wildman–Crippen MR) is 114 cm³/mol. The van der Waals surface area contributed by atoms with Crippen LogP contribution in [0.3, 0.4) is 0 Å². The van der Waals surface area contributed by atoms with E-state index in [0.717, 1.165) is 34.5 Å². The highest BCUT2D eigenvalue weighted by Gasteiger charge is 2.45. The van der Waals surface area contributed by atoms with E-state index in [-0.39, 0.29) is 30.2 Å². The van der Waals surface area contributed by atoms with E-state index in [1.165, 1.54) is 12.1 Å². The molecule has 3 aromatic rings. The molecule has 0 saturated heterocycles. The molecule has 4 nitrogen and oxygen atoms in total. The van der Waals surface area contributed by atoms with Crippen molar-refractivity contribution in [2.45, 2.75) is 25.9 Å². The molecule has 1 aliphatic rings. The summed E-state index contributed by atoms with van der Waals surface area (Å²) >= 11 is 0. The average Bonchev–Trinajstić information content (AvgIpc) is 3.55. The molecule has 154 valence electrons. The number of carbonyl (C=O) groups excluding carboxylic acids is 1. The minimum Gasteiger partial charge on any atom is -0.496 e. The molecule has 5 heteroatoms. The van der Waals surface area contributed by atoms with E-state index in [1.807, 2.05) is 55.5 Å². The number of rotatable bonds is 7. The molecule has 2 unspecified atom stereocenters. The van der Waals surface area contributed by atoms with Crippen molar-refractivity contribution in [1.82, 2.24) is 0 Å². The Morgan fingerprint density at radius 1 is 1.10 bits per heavy atom. The van der Waals surface area contributed by atoms with Crippen LogP contribution in [0.5, 0.6) is 11.5 Å². The van der Waals surface area contributed by atoms with Crippen LogP contribution in [0, 0.1) is 18.7 Å². The highest BCUT2D eigenvalue weighted by molar-refractivity contribution is 5.96. The highest BCUT2D eigenvalue weighted by atomic mass is 19.1. The van der Waals surface area contributed by atoms with E-state index in [4.69, 9.17) is 9.47 Å². The fourth-order valence-electron chi connectivity index (χ4n) is 3.69. The summed E-state index contributed by atoms with van der Waals surface area (Å²) < 4.78 is 24.5. The van der Waals surface area contributed by atoms with Gasteiger partial charge in [-0.25, -0.2) is 4.39 Å². The fourth-order valence-corrected chi connectivity index (χ4v) is 3.69. The normalized spacial score (nSPS) is 17.3. The number of ether oxygens (including phenoxy) is 2. The highest BCUT2D eigenvalue weighted by Crippen LogP contribution is 2.50. The molecule has 1 N–H and O–H groups in total. The van der Waals surface area contributed by atoms with Crippen LogP contribution in [0.2, 0.25) is 0 Å². The van der Waals surface area contributed by atoms with Gasteiger partial charge in [0.2, 0.25) is 5.91 Å². The minimum atomic E-state index is -0.281. The lowest BCUT2D eigenvalue weighted by molar-refractivity contribution is -0.117. The Balaban J connectivity index is 1.36. The van der Waals surface area contributed by atoms with E-state index < -0.39 is 0 Å². The van der Waals surface area contributed by atoms with E-state index >= 15 is 0 Å². The summed E-state index contributed by atoms with van der Waals surface area (Å²) in [4.78, 5) is 12.7. The summed E-state index contributed by atoms with van der Waals surface area (Å²) in [7, 11) is 1.65. The number of amides is 1. The molecule has 1 aliphatic carbocycles. The number of carbonyl (C=O) groups is 1. The molecular weight excluding hydrogens is 381 g/mol. The molecule has 30 heavy (non-hydrogen) atoms. The van der Waals surface area contributed by atoms with Gasteiger partial charge in [-0.1, -0.05) is 30.3 Å². The molecule has 4 rings (SSSR count). The maximum atomic E-state index is 13.3. The van der Waals surface area contributed by atoms with Gasteiger partial charge in [-0.3, -0.25) is 4.79 Å². The topological polar surface area (TPSA) is 47.6 Å². The van der Waals surface area contributed by atoms with Gasteiger partial charge in [0.1, 0.15) is 23.9 Å². The van der Waals surface area contributed by atoms with Gasteiger partial charge in [0, 0.05) is 11.6 Å². The monoisotopic (exact) mass is 405 g/mol. The number of hydrogen-bond donors (Lipinski definition) is 1. The molecule has 0 bridgehead atoms. The molecule has 2 atom stereocenters. The Morgan fingerprint density at radius 2 is 1.93 bits per heavy atom. The van der Waals surface area contributed by atoms with Gasteiger partial charge in [-0.15, -0.1) is 0 Å². The Labute approximate surface area is 175 Å². The zero-order valence-electron chi connectivity index (χ0n) is 17.0. The van der Waals surface area contributed by atoms with Crippen molar-refractivity contribution in [2.75, 3.05) is 12.4 Å². The van der Waals surface area contributed by atoms with E-state index in [1.54, 1.807) is 13.2 Å². The van der Waals surface area contributed by atoms with Gasteiger partial charge < -0.3 is 14.8 Å². The molecule has 0 aromatic heterocycles. The van der Waals surface area contributed by atoms with E-state index in [0.29, 0.717) is 5.75 Å². The van der Waals surface area contributed by atoms with Gasteiger partial charge in [-0.05, 0) is 72.4 Å². The lowest BCUT2D eigenvalue weighted by Crippen LogP contribution is -2.15. The maximum absolute atomic E-state index is 13.3. The van der Waals surface area contributed by atoms with Crippen molar-refractivity contribution < 1.29 is 18.7 Å². The summed E-state index contributed by atoms with van der Waals surface area (Å²) in [6.07, 6.45) is 0.820. The molecule has 1 amide bonds. The summed E-state index contributed by atoms with van der Waals surface area (Å²) in [5.74, 6) is 1.38. The summed E-state index contributed by atoms with van der Waals surface area (Å²) in [5, 5.41) is 3.03. The van der Waals surface area contributed by atoms with Gasteiger partial charge in [0.05, 0.1) is 7.11 Å². The van der Waals surface area contributed by atoms with E-state index in [9.17, 15) is 9.18 Å². The zero-order valence-corrected chi connectivity index (χ0v) is 17.0. The molecule has 0 spiro atoms. The molecular formula is C25H24FNO3. The number of benzene rings is 3. The fraction of sp³-hybridized carbons (Fsp3) is 0.240. The Kier molecular flexibility index (Phi) is 5.70. The smallest absolute Gasteiger partial charge is 0.228 e. The first-order valence-corrected chi connectivity index (χ1v) is 9.97. The van der Waals surface area contributed by atoms with Crippen molar-refractivity contribution in [3.8, 4) is 11.5 Å². The number of methoxy groups -OCH3 is 1. The standard InChI is InChI=1S/C25H24FNO3/c1-16-12-19(30-15-17-6-5-7-18(26)13-17)10-11-23(16)27-25(28)22-14-21(22)20-8-3-4-9-24(20)29-2/h3-13,21-22H,14-15H2,1-2H3,(H,27,28). The number of para-hydroxylation sites is 1. The van der Waals surface area contributed by atoms with Gasteiger partial charge in [0.15, 0.2) is 0 Å². The predicted octanol–water partition coefficient (Wildman–Crippen LogP) is 5.46. The molecule has 0 aliphatic heterocycles. The quantitative estimate of drug-likeness (QED) is 0.567. The van der Waals surface area contributed by atoms with Crippen LogP contribution in [-0.4, -0.2) is 13.0 Å². The van der Waals surface area contributed by atoms with Gasteiger partial charge in [0.25, 0.3) is 0 Å². The van der Waals surface area contributed by atoms with Crippen LogP contribution in [0.4, 0.5) is 10.1 Å². The third-order valence-corrected chi connectivity index (χ3v) is 5.42. The van der Waals surface area contributed by atoms with Crippen LogP contribution in [-0.2, 0) is 11.4 Å². The van der Waals surface area contributed by atoms with Crippen molar-refractivity contribution in [2.24, 2.45) is 5.92 Å². The lowest BCUT2D eigenvalue weighted by Gasteiger charge is -2.12. The Hall–Kier alpha value is -3.34. The van der Waals surface area contributed by atoms with Gasteiger partial charge in [-0.2, -0.15) is 0 Å². The number of anilines is 1. The van der Waals surface area contributed by atoms with Crippen LogP contribution >= 0.6 is 0 Å². The molecule has 3 aromatic carbocycles. The maximum Gasteiger partial charge on any atom is 0.228 e. The number of hydrogen-bond acceptors (Lipinski definition) is 3. The average molecular weight is 405 g/mol. The second-order valence-electron chi connectivity index (χ2n) is 7.58. The van der Waals surface area contributed by atoms with Crippen LogP contribution in [0.1, 0.15) is 29.0 Å². The van der Waals surface area contributed by atoms with Crippen LogP contribution in [0.25, 0.3) is 0 Å². The lowest BCUT2D eigenvalue weighted by atomic mass is 10.1. The third-order valence-electron chi connectivity index (χ3n) is 5.42. The Bertz CT molecular complexity index is 1070. The summed E-state index contributed by atoms with van der Waals surface area (Å²) in [5.41, 5.74) is 3.53. The molecule has 0 heterocycles. The van der Waals surface area contributed by atoms with E-state index in [2.05, 4.69) is 5.32 Å². The zero-order chi connectivity index (χ0) is 21.1. The first-order valence-electron chi connectivity index (χ1n) is 9.97. The van der Waals surface area contributed by atoms with Crippen molar-refractivity contribution in [3.63, 3.8) is 0 Å². The number of nitrogens with one attached hydrogen (secondary N) is 1. The first kappa shape index (κ1) is 20.0. The molecule has 1 fully saturated rings. The van der Waals surface area contributed by atoms with Crippen LogP contribution in [0.15, 0.2) is 66.7 Å². The van der Waals surface area contributed by atoms with Crippen molar-refractivity contribution in [1.29, 1.82) is 0 Å². The molecule has 0 radical (unpaired) electrons. The van der Waals surface area contributed by atoms with Crippen molar-refractivity contribution >= 4 is 11.6 Å². The molecule has 1 saturated carbocycles.